The van der Waals surface area contributed by atoms with Crippen LogP contribution in [0.4, 0.5) is 11.6 Å². The van der Waals surface area contributed by atoms with E-state index in [9.17, 15) is 18.3 Å². The van der Waals surface area contributed by atoms with Gasteiger partial charge in [-0.2, -0.15) is 0 Å². The maximum atomic E-state index is 13.6. The van der Waals surface area contributed by atoms with Crippen molar-refractivity contribution in [3.8, 4) is 11.8 Å². The Hall–Kier alpha value is -3.13. The van der Waals surface area contributed by atoms with Gasteiger partial charge in [0, 0.05) is 31.6 Å². The average Bonchev–Trinajstić information content (AvgIpc) is 3.79. The average molecular weight is 566 g/mol. The third kappa shape index (κ3) is 7.96. The molecule has 3 aliphatic rings. The van der Waals surface area contributed by atoms with Gasteiger partial charge in [-0.3, -0.25) is 9.10 Å². The largest absolute Gasteiger partial charge is 0.390 e. The van der Waals surface area contributed by atoms with E-state index in [1.165, 1.54) is 17.4 Å². The number of nitrogens with zero attached hydrogens (tertiary/aromatic N) is 2. The Balaban J connectivity index is 1.32. The Morgan fingerprint density at radius 1 is 1.12 bits per heavy atom. The van der Waals surface area contributed by atoms with Gasteiger partial charge in [-0.1, -0.05) is 42.2 Å². The summed E-state index contributed by atoms with van der Waals surface area (Å²) in [6.45, 7) is 1.47. The molecule has 214 valence electrons. The summed E-state index contributed by atoms with van der Waals surface area (Å²) >= 11 is 0. The first-order chi connectivity index (χ1) is 19.3. The molecular weight excluding hydrogens is 526 g/mol. The molecule has 2 unspecified atom stereocenters. The van der Waals surface area contributed by atoms with Crippen LogP contribution >= 0.6 is 0 Å². The summed E-state index contributed by atoms with van der Waals surface area (Å²) in [5.41, 5.74) is 1.27. The Morgan fingerprint density at radius 3 is 2.55 bits per heavy atom. The van der Waals surface area contributed by atoms with Crippen LogP contribution in [0.3, 0.4) is 0 Å². The van der Waals surface area contributed by atoms with Crippen molar-refractivity contribution in [1.82, 2.24) is 15.6 Å². The number of rotatable bonds is 14. The lowest BCUT2D eigenvalue weighted by Crippen LogP contribution is -2.48. The topological polar surface area (TPSA) is 124 Å². The highest BCUT2D eigenvalue weighted by molar-refractivity contribution is 7.93. The first-order valence-electron chi connectivity index (χ1n) is 14.3. The Labute approximate surface area is 237 Å². The molecule has 40 heavy (non-hydrogen) atoms. The van der Waals surface area contributed by atoms with Gasteiger partial charge in [0.25, 0.3) is 5.91 Å². The molecule has 1 aromatic carbocycles. The molecule has 9 nitrogen and oxygen atoms in total. The van der Waals surface area contributed by atoms with Gasteiger partial charge < -0.3 is 21.1 Å². The maximum absolute atomic E-state index is 13.6. The molecule has 0 bridgehead atoms. The summed E-state index contributed by atoms with van der Waals surface area (Å²) in [6, 6.07) is 12.3. The van der Waals surface area contributed by atoms with E-state index < -0.39 is 33.3 Å². The molecule has 2 aromatic rings. The quantitative estimate of drug-likeness (QED) is 0.205. The van der Waals surface area contributed by atoms with Crippen LogP contribution in [0.5, 0.6) is 0 Å². The molecular formula is C30H39N5O4S. The number of amides is 1. The first kappa shape index (κ1) is 28.4. The van der Waals surface area contributed by atoms with Crippen molar-refractivity contribution in [3.05, 3.63) is 53.6 Å². The summed E-state index contributed by atoms with van der Waals surface area (Å²) in [7, 11) is -2.05. The third-order valence-electron chi connectivity index (χ3n) is 7.52. The predicted octanol–water partition coefficient (Wildman–Crippen LogP) is 2.54. The van der Waals surface area contributed by atoms with E-state index in [1.807, 2.05) is 30.3 Å². The zero-order valence-electron chi connectivity index (χ0n) is 23.0. The highest BCUT2D eigenvalue weighted by atomic mass is 32.2. The highest BCUT2D eigenvalue weighted by Crippen LogP contribution is 2.33. The fraction of sp³-hybridized carbons (Fsp3) is 0.533. The van der Waals surface area contributed by atoms with Crippen LogP contribution in [-0.2, 0) is 16.4 Å². The number of carbonyl (C=O) groups excluding carboxylic acids is 1. The molecule has 1 aromatic heterocycles. The summed E-state index contributed by atoms with van der Waals surface area (Å²) in [5, 5.41) is 20.1. The molecule has 3 saturated carbocycles. The first-order valence-corrected chi connectivity index (χ1v) is 15.8. The van der Waals surface area contributed by atoms with Crippen LogP contribution in [0.1, 0.15) is 54.4 Å². The molecule has 0 aliphatic heterocycles. The molecule has 3 aliphatic carbocycles. The van der Waals surface area contributed by atoms with Crippen molar-refractivity contribution in [2.24, 2.45) is 11.8 Å². The number of benzene rings is 1. The Bertz CT molecular complexity index is 1350. The molecule has 5 rings (SSSR count). The van der Waals surface area contributed by atoms with E-state index in [0.29, 0.717) is 43.5 Å². The van der Waals surface area contributed by atoms with Crippen LogP contribution in [0, 0.1) is 23.7 Å². The monoisotopic (exact) mass is 565 g/mol. The summed E-state index contributed by atoms with van der Waals surface area (Å²) < 4.78 is 27.1. The lowest BCUT2D eigenvalue weighted by atomic mass is 10.0. The SMILES string of the molecule is CN(c1cc(C(=O)NC(Cc2ccccc2)C(O)CNCC#CC2CC2)cc(NCC2CC2)n1)S(=O)(=O)C1CC1. The molecule has 10 heteroatoms. The number of carbonyl (C=O) groups is 1. The van der Waals surface area contributed by atoms with Gasteiger partial charge in [0.05, 0.1) is 23.9 Å². The molecule has 4 N–H and O–H groups in total. The number of pyridine rings is 1. The van der Waals surface area contributed by atoms with Crippen LogP contribution in [0.15, 0.2) is 42.5 Å². The lowest BCUT2D eigenvalue weighted by molar-refractivity contribution is 0.0832. The highest BCUT2D eigenvalue weighted by Gasteiger charge is 2.39. The fourth-order valence-corrected chi connectivity index (χ4v) is 5.97. The zero-order valence-corrected chi connectivity index (χ0v) is 23.8. The molecule has 0 radical (unpaired) electrons. The smallest absolute Gasteiger partial charge is 0.251 e. The van der Waals surface area contributed by atoms with E-state index in [-0.39, 0.29) is 17.9 Å². The van der Waals surface area contributed by atoms with Gasteiger partial charge in [0.1, 0.15) is 11.6 Å². The van der Waals surface area contributed by atoms with E-state index in [0.717, 1.165) is 37.8 Å². The van der Waals surface area contributed by atoms with Crippen molar-refractivity contribution in [2.75, 3.05) is 36.3 Å². The minimum absolute atomic E-state index is 0.203. The van der Waals surface area contributed by atoms with E-state index in [4.69, 9.17) is 0 Å². The summed E-state index contributed by atoms with van der Waals surface area (Å²) in [4.78, 5) is 18.1. The predicted molar refractivity (Wildman–Crippen MR) is 157 cm³/mol. The van der Waals surface area contributed by atoms with Crippen LogP contribution in [-0.4, -0.2) is 68.5 Å². The van der Waals surface area contributed by atoms with Crippen molar-refractivity contribution in [2.45, 2.75) is 62.3 Å². The molecule has 3 fully saturated rings. The lowest BCUT2D eigenvalue weighted by Gasteiger charge is -2.25. The van der Waals surface area contributed by atoms with E-state index >= 15 is 0 Å². The van der Waals surface area contributed by atoms with Gasteiger partial charge in [0.15, 0.2) is 0 Å². The summed E-state index contributed by atoms with van der Waals surface area (Å²) in [5.74, 6) is 7.65. The number of aliphatic hydroxyl groups excluding tert-OH is 1. The van der Waals surface area contributed by atoms with Gasteiger partial charge in [-0.25, -0.2) is 13.4 Å². The number of hydrogen-bond donors (Lipinski definition) is 4. The minimum atomic E-state index is -3.54. The van der Waals surface area contributed by atoms with Gasteiger partial charge >= 0.3 is 0 Å². The number of aliphatic hydroxyl groups is 1. The van der Waals surface area contributed by atoms with Crippen molar-refractivity contribution < 1.29 is 18.3 Å². The molecule has 0 spiro atoms. The van der Waals surface area contributed by atoms with Gasteiger partial charge in [-0.05, 0) is 68.6 Å². The van der Waals surface area contributed by atoms with Gasteiger partial charge in [0.2, 0.25) is 10.0 Å². The molecule has 0 saturated heterocycles. The van der Waals surface area contributed by atoms with Crippen molar-refractivity contribution in [1.29, 1.82) is 0 Å². The second-order valence-corrected chi connectivity index (χ2v) is 13.4. The number of sulfonamides is 1. The number of anilines is 2. The molecule has 1 amide bonds. The van der Waals surface area contributed by atoms with Gasteiger partial charge in [-0.15, -0.1) is 0 Å². The maximum Gasteiger partial charge on any atom is 0.251 e. The Kier molecular flexibility index (Phi) is 8.94. The molecule has 1 heterocycles. The third-order valence-corrected chi connectivity index (χ3v) is 9.79. The normalized spacial score (nSPS) is 18.2. The number of aromatic nitrogens is 1. The second kappa shape index (κ2) is 12.6. The Morgan fingerprint density at radius 2 is 1.88 bits per heavy atom. The van der Waals surface area contributed by atoms with Crippen LogP contribution in [0.2, 0.25) is 0 Å². The standard InChI is InChI=1S/C30H39N5O4S/c1-35(40(38,39)25-13-14-25)29-18-24(17-28(34-29)32-19-23-11-12-23)30(37)33-26(16-22-6-3-2-4-7-22)27(36)20-31-15-5-8-21-9-10-21/h2-4,6-7,17-18,21,23,25-27,31,36H,9-16,19-20H2,1H3,(H,32,34)(H,33,37). The van der Waals surface area contributed by atoms with Crippen molar-refractivity contribution >= 4 is 27.6 Å². The zero-order chi connectivity index (χ0) is 28.1. The van der Waals surface area contributed by atoms with Crippen molar-refractivity contribution in [3.63, 3.8) is 0 Å². The van der Waals surface area contributed by atoms with E-state index in [1.54, 1.807) is 6.07 Å². The fourth-order valence-electron chi connectivity index (χ4n) is 4.44. The number of hydrogen-bond acceptors (Lipinski definition) is 7. The van der Waals surface area contributed by atoms with Crippen LogP contribution in [0.25, 0.3) is 0 Å². The second-order valence-electron chi connectivity index (χ2n) is 11.2. The molecule has 2 atom stereocenters. The van der Waals surface area contributed by atoms with E-state index in [2.05, 4.69) is 32.8 Å². The summed E-state index contributed by atoms with van der Waals surface area (Å²) in [6.07, 6.45) is 5.47. The van der Waals surface area contributed by atoms with Crippen LogP contribution < -0.4 is 20.3 Å². The number of nitrogens with one attached hydrogen (secondary N) is 3. The minimum Gasteiger partial charge on any atom is -0.390 e.